The van der Waals surface area contributed by atoms with Crippen LogP contribution in [-0.4, -0.2) is 24.6 Å². The SMILES string of the molecule is C[C@H](Oc1ccccc1)C(=O)OCC(=O)N[C@H](c1ccccc1)c1cccs1. The molecule has 0 aliphatic rings. The predicted octanol–water partition coefficient (Wildman–Crippen LogP) is 3.96. The molecule has 0 saturated carbocycles. The summed E-state index contributed by atoms with van der Waals surface area (Å²) in [5.41, 5.74) is 0.963. The fourth-order valence-corrected chi connectivity index (χ4v) is 3.43. The Kier molecular flexibility index (Phi) is 6.81. The predicted molar refractivity (Wildman–Crippen MR) is 108 cm³/mol. The highest BCUT2D eigenvalue weighted by Gasteiger charge is 2.21. The van der Waals surface area contributed by atoms with Crippen molar-refractivity contribution in [2.24, 2.45) is 0 Å². The van der Waals surface area contributed by atoms with E-state index in [2.05, 4.69) is 5.32 Å². The summed E-state index contributed by atoms with van der Waals surface area (Å²) in [6.07, 6.45) is -0.808. The van der Waals surface area contributed by atoms with Crippen molar-refractivity contribution in [2.75, 3.05) is 6.61 Å². The van der Waals surface area contributed by atoms with Crippen LogP contribution < -0.4 is 10.1 Å². The third-order valence-corrected chi connectivity index (χ3v) is 4.94. The average Bonchev–Trinajstić information content (AvgIpc) is 3.26. The molecule has 28 heavy (non-hydrogen) atoms. The van der Waals surface area contributed by atoms with Crippen molar-refractivity contribution >= 4 is 23.2 Å². The molecule has 0 saturated heterocycles. The van der Waals surface area contributed by atoms with E-state index in [4.69, 9.17) is 9.47 Å². The highest BCUT2D eigenvalue weighted by molar-refractivity contribution is 7.10. The summed E-state index contributed by atoms with van der Waals surface area (Å²) >= 11 is 1.56. The number of ether oxygens (including phenoxy) is 2. The lowest BCUT2D eigenvalue weighted by molar-refractivity contribution is -0.154. The minimum atomic E-state index is -0.808. The summed E-state index contributed by atoms with van der Waals surface area (Å²) < 4.78 is 10.6. The number of benzene rings is 2. The van der Waals surface area contributed by atoms with Crippen LogP contribution in [0.15, 0.2) is 78.2 Å². The van der Waals surface area contributed by atoms with E-state index in [1.54, 1.807) is 30.4 Å². The average molecular weight is 395 g/mol. The number of nitrogens with one attached hydrogen (secondary N) is 1. The van der Waals surface area contributed by atoms with Gasteiger partial charge in [0, 0.05) is 4.88 Å². The molecule has 0 aliphatic heterocycles. The quantitative estimate of drug-likeness (QED) is 0.586. The van der Waals surface area contributed by atoms with E-state index in [0.29, 0.717) is 5.75 Å². The van der Waals surface area contributed by atoms with Crippen molar-refractivity contribution in [1.82, 2.24) is 5.32 Å². The van der Waals surface area contributed by atoms with Gasteiger partial charge < -0.3 is 14.8 Å². The lowest BCUT2D eigenvalue weighted by atomic mass is 10.1. The first-order valence-electron chi connectivity index (χ1n) is 8.89. The first kappa shape index (κ1) is 19.6. The molecule has 3 aromatic rings. The Balaban J connectivity index is 1.55. The summed E-state index contributed by atoms with van der Waals surface area (Å²) in [4.78, 5) is 25.5. The van der Waals surface area contributed by atoms with Crippen LogP contribution in [0.5, 0.6) is 5.75 Å². The number of hydrogen-bond donors (Lipinski definition) is 1. The molecule has 0 bridgehead atoms. The summed E-state index contributed by atoms with van der Waals surface area (Å²) in [5, 5.41) is 4.89. The van der Waals surface area contributed by atoms with Gasteiger partial charge in [0.1, 0.15) is 5.75 Å². The normalized spacial score (nSPS) is 12.6. The smallest absolute Gasteiger partial charge is 0.347 e. The number of esters is 1. The van der Waals surface area contributed by atoms with Crippen LogP contribution in [0.3, 0.4) is 0 Å². The molecule has 0 spiro atoms. The zero-order chi connectivity index (χ0) is 19.8. The van der Waals surface area contributed by atoms with E-state index in [1.807, 2.05) is 66.0 Å². The number of hydrogen-bond acceptors (Lipinski definition) is 5. The number of carbonyl (C=O) groups excluding carboxylic acids is 2. The number of thiophene rings is 1. The van der Waals surface area contributed by atoms with Gasteiger partial charge in [0.2, 0.25) is 0 Å². The van der Waals surface area contributed by atoms with Crippen LogP contribution in [0.4, 0.5) is 0 Å². The van der Waals surface area contributed by atoms with Crippen LogP contribution in [0, 0.1) is 0 Å². The van der Waals surface area contributed by atoms with E-state index < -0.39 is 12.1 Å². The second-order valence-corrected chi connectivity index (χ2v) is 7.09. The second kappa shape index (κ2) is 9.71. The Bertz CT molecular complexity index is 881. The van der Waals surface area contributed by atoms with Crippen LogP contribution in [0.2, 0.25) is 0 Å². The maximum atomic E-state index is 12.4. The fraction of sp³-hybridized carbons (Fsp3) is 0.182. The standard InChI is InChI=1S/C22H21NO4S/c1-16(27-18-11-6-3-7-12-18)22(25)26-15-20(24)23-21(19-13-8-14-28-19)17-9-4-2-5-10-17/h2-14,16,21H,15H2,1H3,(H,23,24)/t16-,21+/m0/s1. The highest BCUT2D eigenvalue weighted by atomic mass is 32.1. The van der Waals surface area contributed by atoms with Crippen LogP contribution in [-0.2, 0) is 14.3 Å². The molecule has 3 rings (SSSR count). The molecule has 1 heterocycles. The Morgan fingerprint density at radius 1 is 0.964 bits per heavy atom. The summed E-state index contributed by atoms with van der Waals surface area (Å²) in [7, 11) is 0. The molecule has 2 aromatic carbocycles. The van der Waals surface area contributed by atoms with Gasteiger partial charge in [-0.2, -0.15) is 0 Å². The Morgan fingerprint density at radius 2 is 1.64 bits per heavy atom. The van der Waals surface area contributed by atoms with Crippen molar-refractivity contribution in [3.8, 4) is 5.75 Å². The van der Waals surface area contributed by atoms with Gasteiger partial charge in [-0.25, -0.2) is 4.79 Å². The van der Waals surface area contributed by atoms with Crippen molar-refractivity contribution < 1.29 is 19.1 Å². The largest absolute Gasteiger partial charge is 0.479 e. The van der Waals surface area contributed by atoms with Gasteiger partial charge >= 0.3 is 5.97 Å². The molecule has 2 atom stereocenters. The fourth-order valence-electron chi connectivity index (χ4n) is 2.63. The molecule has 5 nitrogen and oxygen atoms in total. The van der Waals surface area contributed by atoms with Gasteiger partial charge in [0.05, 0.1) is 6.04 Å². The molecule has 6 heteroatoms. The Hall–Kier alpha value is -3.12. The molecule has 1 N–H and O–H groups in total. The minimum absolute atomic E-state index is 0.287. The number of para-hydroxylation sites is 1. The van der Waals surface area contributed by atoms with Crippen molar-refractivity contribution in [1.29, 1.82) is 0 Å². The maximum absolute atomic E-state index is 12.4. The lowest BCUT2D eigenvalue weighted by Crippen LogP contribution is -2.35. The number of carbonyl (C=O) groups is 2. The van der Waals surface area contributed by atoms with E-state index >= 15 is 0 Å². The van der Waals surface area contributed by atoms with Gasteiger partial charge in [0.25, 0.3) is 5.91 Å². The Morgan fingerprint density at radius 3 is 2.29 bits per heavy atom. The molecular weight excluding hydrogens is 374 g/mol. The molecule has 1 aromatic heterocycles. The zero-order valence-electron chi connectivity index (χ0n) is 15.4. The van der Waals surface area contributed by atoms with Gasteiger partial charge in [-0.3, -0.25) is 4.79 Å². The van der Waals surface area contributed by atoms with E-state index in [1.165, 1.54) is 0 Å². The third kappa shape index (κ3) is 5.44. The summed E-state index contributed by atoms with van der Waals surface area (Å²) in [5.74, 6) is -0.396. The van der Waals surface area contributed by atoms with Crippen LogP contribution in [0.25, 0.3) is 0 Å². The third-order valence-electron chi connectivity index (χ3n) is 4.00. The van der Waals surface area contributed by atoms with Crippen molar-refractivity contribution in [3.05, 3.63) is 88.6 Å². The topological polar surface area (TPSA) is 64.6 Å². The second-order valence-electron chi connectivity index (χ2n) is 6.11. The highest BCUT2D eigenvalue weighted by Crippen LogP contribution is 2.25. The first-order chi connectivity index (χ1) is 13.6. The zero-order valence-corrected chi connectivity index (χ0v) is 16.2. The van der Waals surface area contributed by atoms with Crippen molar-refractivity contribution in [3.63, 3.8) is 0 Å². The molecule has 1 amide bonds. The minimum Gasteiger partial charge on any atom is -0.479 e. The van der Waals surface area contributed by atoms with Gasteiger partial charge in [-0.1, -0.05) is 54.6 Å². The van der Waals surface area contributed by atoms with E-state index in [-0.39, 0.29) is 18.6 Å². The first-order valence-corrected chi connectivity index (χ1v) is 9.77. The maximum Gasteiger partial charge on any atom is 0.347 e. The lowest BCUT2D eigenvalue weighted by Gasteiger charge is -2.19. The molecular formula is C22H21NO4S. The van der Waals surface area contributed by atoms with Crippen LogP contribution >= 0.6 is 11.3 Å². The Labute approximate surface area is 167 Å². The monoisotopic (exact) mass is 395 g/mol. The van der Waals surface area contributed by atoms with Gasteiger partial charge in [-0.05, 0) is 36.1 Å². The summed E-state index contributed by atoms with van der Waals surface area (Å²) in [6, 6.07) is 22.3. The molecule has 144 valence electrons. The van der Waals surface area contributed by atoms with E-state index in [9.17, 15) is 9.59 Å². The number of amides is 1. The molecule has 0 unspecified atom stereocenters. The summed E-state index contributed by atoms with van der Waals surface area (Å²) in [6.45, 7) is 1.22. The van der Waals surface area contributed by atoms with Gasteiger partial charge in [-0.15, -0.1) is 11.3 Å². The van der Waals surface area contributed by atoms with E-state index in [0.717, 1.165) is 10.4 Å². The molecule has 0 fully saturated rings. The van der Waals surface area contributed by atoms with Crippen molar-refractivity contribution in [2.45, 2.75) is 19.1 Å². The molecule has 0 radical (unpaired) electrons. The number of rotatable bonds is 8. The van der Waals surface area contributed by atoms with Gasteiger partial charge in [0.15, 0.2) is 12.7 Å². The van der Waals surface area contributed by atoms with Crippen LogP contribution in [0.1, 0.15) is 23.4 Å². The molecule has 0 aliphatic carbocycles.